The molecular weight excluding hydrogens is 415 g/mol. The molecule has 0 aliphatic heterocycles. The SMILES string of the molecule is Cc1onc(-c2c(Cl)cccc2Cl)c1C(=O)ON=C(N)c1ccc([N+](=O)[O-])o1. The lowest BCUT2D eigenvalue weighted by atomic mass is 10.1. The number of hydrogen-bond acceptors (Lipinski definition) is 8. The van der Waals surface area contributed by atoms with E-state index in [2.05, 4.69) is 10.3 Å². The second-order valence-electron chi connectivity index (χ2n) is 5.31. The van der Waals surface area contributed by atoms with E-state index in [1.165, 1.54) is 13.0 Å². The summed E-state index contributed by atoms with van der Waals surface area (Å²) in [6.07, 6.45) is 0. The smallest absolute Gasteiger partial charge is 0.397 e. The molecule has 28 heavy (non-hydrogen) atoms. The minimum Gasteiger partial charge on any atom is -0.397 e. The van der Waals surface area contributed by atoms with Gasteiger partial charge in [0.05, 0.1) is 16.1 Å². The zero-order valence-corrected chi connectivity index (χ0v) is 15.5. The summed E-state index contributed by atoms with van der Waals surface area (Å²) in [5.74, 6) is -1.87. The van der Waals surface area contributed by atoms with Crippen LogP contribution in [-0.4, -0.2) is 21.9 Å². The van der Waals surface area contributed by atoms with Crippen LogP contribution in [0.5, 0.6) is 0 Å². The Bertz CT molecular complexity index is 1080. The Hall–Kier alpha value is -3.37. The first-order chi connectivity index (χ1) is 13.3. The first-order valence-electron chi connectivity index (χ1n) is 7.49. The third kappa shape index (κ3) is 3.68. The lowest BCUT2D eigenvalue weighted by Gasteiger charge is -2.05. The van der Waals surface area contributed by atoms with E-state index >= 15 is 0 Å². The molecule has 0 spiro atoms. The van der Waals surface area contributed by atoms with Gasteiger partial charge in [-0.1, -0.05) is 39.6 Å². The highest BCUT2D eigenvalue weighted by Crippen LogP contribution is 2.37. The van der Waals surface area contributed by atoms with Gasteiger partial charge in [0.1, 0.15) is 21.9 Å². The van der Waals surface area contributed by atoms with Crippen LogP contribution in [0.15, 0.2) is 44.4 Å². The van der Waals surface area contributed by atoms with Crippen LogP contribution < -0.4 is 5.73 Å². The number of rotatable bonds is 5. The van der Waals surface area contributed by atoms with Crippen molar-refractivity contribution in [1.29, 1.82) is 0 Å². The third-order valence-corrected chi connectivity index (χ3v) is 4.15. The fraction of sp³-hybridized carbons (Fsp3) is 0.0625. The number of carbonyl (C=O) groups excluding carboxylic acids is 1. The number of furan rings is 1. The molecule has 0 saturated heterocycles. The van der Waals surface area contributed by atoms with Crippen molar-refractivity contribution in [2.75, 3.05) is 0 Å². The number of carbonyl (C=O) groups is 1. The molecule has 10 nitrogen and oxygen atoms in total. The number of nitrogens with two attached hydrogens (primary N) is 1. The molecule has 2 aromatic heterocycles. The van der Waals surface area contributed by atoms with Gasteiger partial charge in [-0.2, -0.15) is 0 Å². The van der Waals surface area contributed by atoms with Crippen molar-refractivity contribution >= 4 is 40.9 Å². The maximum Gasteiger partial charge on any atom is 0.433 e. The molecule has 0 saturated carbocycles. The minimum atomic E-state index is -0.950. The molecule has 144 valence electrons. The number of nitro groups is 1. The number of amidine groups is 1. The first-order valence-corrected chi connectivity index (χ1v) is 8.25. The molecule has 0 amide bonds. The van der Waals surface area contributed by atoms with Gasteiger partial charge in [-0.15, -0.1) is 0 Å². The average Bonchev–Trinajstić information content (AvgIpc) is 3.27. The maximum absolute atomic E-state index is 12.5. The van der Waals surface area contributed by atoms with Gasteiger partial charge in [-0.3, -0.25) is 10.1 Å². The highest BCUT2D eigenvalue weighted by molar-refractivity contribution is 6.39. The van der Waals surface area contributed by atoms with E-state index in [0.717, 1.165) is 6.07 Å². The molecule has 0 radical (unpaired) electrons. The fourth-order valence-electron chi connectivity index (χ4n) is 2.25. The molecule has 12 heteroatoms. The second-order valence-corrected chi connectivity index (χ2v) is 6.12. The molecule has 2 N–H and O–H groups in total. The molecule has 0 aliphatic rings. The Morgan fingerprint density at radius 3 is 2.57 bits per heavy atom. The van der Waals surface area contributed by atoms with Gasteiger partial charge >= 0.3 is 11.9 Å². The standard InChI is InChI=1S/C16H10Cl2N4O6/c1-7-12(14(20-27-7)13-8(17)3-2-4-9(13)18)16(23)28-21-15(19)10-5-6-11(26-10)22(24)25/h2-6H,1H3,(H2,19,21). The summed E-state index contributed by atoms with van der Waals surface area (Å²) in [7, 11) is 0. The largest absolute Gasteiger partial charge is 0.433 e. The zero-order valence-electron chi connectivity index (χ0n) is 14.0. The van der Waals surface area contributed by atoms with Gasteiger partial charge in [-0.05, 0) is 25.1 Å². The van der Waals surface area contributed by atoms with Crippen LogP contribution in [0, 0.1) is 17.0 Å². The first kappa shape index (κ1) is 19.4. The van der Waals surface area contributed by atoms with Crippen LogP contribution >= 0.6 is 23.2 Å². The molecule has 0 unspecified atom stereocenters. The summed E-state index contributed by atoms with van der Waals surface area (Å²) >= 11 is 12.3. The normalized spacial score (nSPS) is 11.5. The number of halogens is 2. The van der Waals surface area contributed by atoms with Crippen LogP contribution in [0.2, 0.25) is 10.0 Å². The highest BCUT2D eigenvalue weighted by Gasteiger charge is 2.26. The van der Waals surface area contributed by atoms with Crippen molar-refractivity contribution in [1.82, 2.24) is 5.16 Å². The molecule has 0 atom stereocenters. The topological polar surface area (TPSA) is 147 Å². The predicted octanol–water partition coefficient (Wildman–Crippen LogP) is 3.94. The van der Waals surface area contributed by atoms with Crippen LogP contribution in [0.4, 0.5) is 5.88 Å². The maximum atomic E-state index is 12.5. The van der Waals surface area contributed by atoms with Gasteiger partial charge < -0.3 is 19.5 Å². The molecule has 3 rings (SSSR count). The van der Waals surface area contributed by atoms with Gasteiger partial charge in [0.2, 0.25) is 5.84 Å². The number of benzene rings is 1. The molecule has 2 heterocycles. The lowest BCUT2D eigenvalue weighted by molar-refractivity contribution is -0.402. The molecule has 0 fully saturated rings. The van der Waals surface area contributed by atoms with Crippen molar-refractivity contribution in [3.8, 4) is 11.3 Å². The van der Waals surface area contributed by atoms with E-state index in [0.29, 0.717) is 0 Å². The summed E-state index contributed by atoms with van der Waals surface area (Å²) < 4.78 is 9.93. The Balaban J connectivity index is 1.89. The quantitative estimate of drug-likeness (QED) is 0.213. The van der Waals surface area contributed by atoms with Crippen molar-refractivity contribution in [2.24, 2.45) is 10.9 Å². The summed E-state index contributed by atoms with van der Waals surface area (Å²) in [6, 6.07) is 7.07. The fourth-order valence-corrected chi connectivity index (χ4v) is 2.83. The van der Waals surface area contributed by atoms with E-state index < -0.39 is 16.8 Å². The van der Waals surface area contributed by atoms with Crippen molar-refractivity contribution in [3.63, 3.8) is 0 Å². The van der Waals surface area contributed by atoms with Crippen LogP contribution in [0.3, 0.4) is 0 Å². The summed E-state index contributed by atoms with van der Waals surface area (Å²) in [5, 5.41) is 18.4. The van der Waals surface area contributed by atoms with E-state index in [4.69, 9.17) is 42.7 Å². The predicted molar refractivity (Wildman–Crippen MR) is 98.2 cm³/mol. The van der Waals surface area contributed by atoms with Crippen molar-refractivity contribution in [3.05, 3.63) is 67.6 Å². The third-order valence-electron chi connectivity index (χ3n) is 3.52. The lowest BCUT2D eigenvalue weighted by Crippen LogP contribution is -2.15. The average molecular weight is 425 g/mol. The molecule has 0 aliphatic carbocycles. The molecular formula is C16H10Cl2N4O6. The van der Waals surface area contributed by atoms with E-state index in [-0.39, 0.29) is 44.2 Å². The number of nitrogens with zero attached hydrogens (tertiary/aromatic N) is 3. The van der Waals surface area contributed by atoms with Crippen molar-refractivity contribution in [2.45, 2.75) is 6.92 Å². The molecule has 1 aromatic carbocycles. The highest BCUT2D eigenvalue weighted by atomic mass is 35.5. The Kier molecular flexibility index (Phi) is 5.34. The van der Waals surface area contributed by atoms with E-state index in [9.17, 15) is 14.9 Å². The number of hydrogen-bond donors (Lipinski definition) is 1. The van der Waals surface area contributed by atoms with Gasteiger partial charge in [-0.25, -0.2) is 4.79 Å². The summed E-state index contributed by atoms with van der Waals surface area (Å²) in [5.41, 5.74) is 5.92. The summed E-state index contributed by atoms with van der Waals surface area (Å²) in [4.78, 5) is 27.2. The minimum absolute atomic E-state index is 0.0584. The second kappa shape index (κ2) is 7.71. The molecule has 3 aromatic rings. The van der Waals surface area contributed by atoms with E-state index in [1.54, 1.807) is 18.2 Å². The van der Waals surface area contributed by atoms with Gasteiger partial charge in [0, 0.05) is 5.56 Å². The molecule has 0 bridgehead atoms. The van der Waals surface area contributed by atoms with Crippen molar-refractivity contribution < 1.29 is 23.5 Å². The zero-order chi connectivity index (χ0) is 20.4. The monoisotopic (exact) mass is 424 g/mol. The number of aromatic nitrogens is 1. The van der Waals surface area contributed by atoms with E-state index in [1.807, 2.05) is 0 Å². The number of aryl methyl sites for hydroxylation is 1. The Morgan fingerprint density at radius 2 is 1.96 bits per heavy atom. The summed E-state index contributed by atoms with van der Waals surface area (Å²) in [6.45, 7) is 1.49. The van der Waals surface area contributed by atoms with Crippen LogP contribution in [-0.2, 0) is 4.84 Å². The van der Waals surface area contributed by atoms with Gasteiger partial charge in [0.15, 0.2) is 5.76 Å². The number of oxime groups is 1. The van der Waals surface area contributed by atoms with Crippen LogP contribution in [0.1, 0.15) is 21.9 Å². The van der Waals surface area contributed by atoms with Crippen LogP contribution in [0.25, 0.3) is 11.3 Å². The Morgan fingerprint density at radius 1 is 1.29 bits per heavy atom. The Labute approximate surface area is 166 Å². The van der Waals surface area contributed by atoms with Gasteiger partial charge in [0.25, 0.3) is 0 Å².